The summed E-state index contributed by atoms with van der Waals surface area (Å²) in [6.45, 7) is 6.27. The fourth-order valence-corrected chi connectivity index (χ4v) is 2.83. The second kappa shape index (κ2) is 5.55. The van der Waals surface area contributed by atoms with E-state index in [4.69, 9.17) is 0 Å². The fraction of sp³-hybridized carbons (Fsp3) is 0.471. The molecule has 3 rings (SSSR count). The smallest absolute Gasteiger partial charge is 0.272 e. The molecule has 1 amide bonds. The van der Waals surface area contributed by atoms with Crippen LogP contribution in [0.15, 0.2) is 23.0 Å². The van der Waals surface area contributed by atoms with Crippen molar-refractivity contribution in [2.75, 3.05) is 0 Å². The number of carbonyl (C=O) groups excluding carboxylic acids is 1. The van der Waals surface area contributed by atoms with E-state index >= 15 is 0 Å². The van der Waals surface area contributed by atoms with Crippen molar-refractivity contribution in [3.05, 3.63) is 39.8 Å². The van der Waals surface area contributed by atoms with Crippen LogP contribution in [0.3, 0.4) is 0 Å². The number of rotatable bonds is 4. The van der Waals surface area contributed by atoms with E-state index in [0.717, 1.165) is 5.52 Å². The van der Waals surface area contributed by atoms with Crippen LogP contribution in [0.25, 0.3) is 11.0 Å². The highest BCUT2D eigenvalue weighted by Crippen LogP contribution is 2.32. The molecule has 1 heterocycles. The van der Waals surface area contributed by atoms with Gasteiger partial charge in [-0.1, -0.05) is 0 Å². The zero-order valence-corrected chi connectivity index (χ0v) is 13.2. The molecule has 1 unspecified atom stereocenters. The Labute approximate surface area is 129 Å². The third kappa shape index (κ3) is 2.63. The summed E-state index contributed by atoms with van der Waals surface area (Å²) >= 11 is 0. The van der Waals surface area contributed by atoms with Crippen molar-refractivity contribution in [1.29, 1.82) is 0 Å². The molecule has 1 atom stereocenters. The standard InChI is InChI=1S/C17H21N3O2/c1-4-20-15-8-7-13(9-14(15)18-11(3)17(20)22)16(21)19-10(2)12-5-6-12/h7-10,12H,4-6H2,1-3H3,(H,19,21). The first-order chi connectivity index (χ1) is 10.5. The molecular weight excluding hydrogens is 278 g/mol. The monoisotopic (exact) mass is 299 g/mol. The van der Waals surface area contributed by atoms with Gasteiger partial charge in [-0.2, -0.15) is 0 Å². The fourth-order valence-electron chi connectivity index (χ4n) is 2.83. The van der Waals surface area contributed by atoms with Crippen molar-refractivity contribution in [2.45, 2.75) is 46.2 Å². The maximum atomic E-state index is 12.3. The minimum Gasteiger partial charge on any atom is -0.349 e. The SMILES string of the molecule is CCn1c(=O)c(C)nc2cc(C(=O)NC(C)C3CC3)ccc21. The van der Waals surface area contributed by atoms with Gasteiger partial charge >= 0.3 is 0 Å². The summed E-state index contributed by atoms with van der Waals surface area (Å²) in [5.41, 5.74) is 2.43. The van der Waals surface area contributed by atoms with Gasteiger partial charge in [0.2, 0.25) is 0 Å². The first kappa shape index (κ1) is 14.8. The van der Waals surface area contributed by atoms with E-state index in [0.29, 0.717) is 29.2 Å². The van der Waals surface area contributed by atoms with Crippen LogP contribution in [-0.2, 0) is 6.54 Å². The molecule has 1 saturated carbocycles. The maximum Gasteiger partial charge on any atom is 0.272 e. The minimum absolute atomic E-state index is 0.0741. The van der Waals surface area contributed by atoms with Crippen LogP contribution in [0.1, 0.15) is 42.7 Å². The van der Waals surface area contributed by atoms with Gasteiger partial charge in [-0.05, 0) is 57.7 Å². The van der Waals surface area contributed by atoms with Crippen LogP contribution < -0.4 is 10.9 Å². The van der Waals surface area contributed by atoms with Crippen molar-refractivity contribution < 1.29 is 4.79 Å². The summed E-state index contributed by atoms with van der Waals surface area (Å²) < 4.78 is 1.69. The lowest BCUT2D eigenvalue weighted by atomic mass is 10.1. The van der Waals surface area contributed by atoms with Crippen molar-refractivity contribution in [3.63, 3.8) is 0 Å². The number of fused-ring (bicyclic) bond motifs is 1. The van der Waals surface area contributed by atoms with E-state index in [1.165, 1.54) is 12.8 Å². The molecule has 1 aliphatic carbocycles. The van der Waals surface area contributed by atoms with Crippen molar-refractivity contribution in [1.82, 2.24) is 14.9 Å². The normalized spacial score (nSPS) is 15.8. The van der Waals surface area contributed by atoms with Gasteiger partial charge < -0.3 is 9.88 Å². The molecule has 0 radical (unpaired) electrons. The van der Waals surface area contributed by atoms with E-state index < -0.39 is 0 Å². The summed E-state index contributed by atoms with van der Waals surface area (Å²) in [4.78, 5) is 28.8. The molecule has 5 nitrogen and oxygen atoms in total. The molecule has 1 N–H and O–H groups in total. The number of aryl methyl sites for hydroxylation is 2. The number of hydrogen-bond acceptors (Lipinski definition) is 3. The Balaban J connectivity index is 1.97. The predicted molar refractivity (Wildman–Crippen MR) is 86.1 cm³/mol. The second-order valence-electron chi connectivity index (χ2n) is 6.05. The number of nitrogens with zero attached hydrogens (tertiary/aromatic N) is 2. The molecule has 0 saturated heterocycles. The summed E-state index contributed by atoms with van der Waals surface area (Å²) in [6.07, 6.45) is 2.39. The summed E-state index contributed by atoms with van der Waals surface area (Å²) in [7, 11) is 0. The molecule has 116 valence electrons. The van der Waals surface area contributed by atoms with Crippen LogP contribution in [0.4, 0.5) is 0 Å². The average Bonchev–Trinajstić information content (AvgIpc) is 3.32. The highest BCUT2D eigenvalue weighted by Gasteiger charge is 2.29. The first-order valence-corrected chi connectivity index (χ1v) is 7.83. The van der Waals surface area contributed by atoms with Gasteiger partial charge in [-0.25, -0.2) is 4.98 Å². The largest absolute Gasteiger partial charge is 0.349 e. The third-order valence-corrected chi connectivity index (χ3v) is 4.38. The highest BCUT2D eigenvalue weighted by molar-refractivity contribution is 5.97. The van der Waals surface area contributed by atoms with Crippen LogP contribution >= 0.6 is 0 Å². The van der Waals surface area contributed by atoms with Gasteiger partial charge in [0.05, 0.1) is 11.0 Å². The van der Waals surface area contributed by atoms with Crippen molar-refractivity contribution in [3.8, 4) is 0 Å². The molecule has 0 aliphatic heterocycles. The molecule has 0 bridgehead atoms. The van der Waals surface area contributed by atoms with Crippen molar-refractivity contribution in [2.24, 2.45) is 5.92 Å². The van der Waals surface area contributed by atoms with E-state index in [1.807, 2.05) is 19.9 Å². The topological polar surface area (TPSA) is 64.0 Å². The Morgan fingerprint density at radius 2 is 2.18 bits per heavy atom. The zero-order valence-electron chi connectivity index (χ0n) is 13.2. The summed E-state index contributed by atoms with van der Waals surface area (Å²) in [6, 6.07) is 5.55. The van der Waals surface area contributed by atoms with E-state index in [-0.39, 0.29) is 17.5 Å². The zero-order chi connectivity index (χ0) is 15.9. The van der Waals surface area contributed by atoms with Gasteiger partial charge in [0.25, 0.3) is 11.5 Å². The summed E-state index contributed by atoms with van der Waals surface area (Å²) in [5, 5.41) is 3.04. The predicted octanol–water partition coefficient (Wildman–Crippen LogP) is 2.25. The number of carbonyl (C=O) groups is 1. The van der Waals surface area contributed by atoms with E-state index in [2.05, 4.69) is 10.3 Å². The quantitative estimate of drug-likeness (QED) is 0.942. The molecule has 1 aromatic heterocycles. The summed E-state index contributed by atoms with van der Waals surface area (Å²) in [5.74, 6) is 0.546. The number of amides is 1. The Bertz CT molecular complexity index is 790. The molecule has 1 aliphatic rings. The van der Waals surface area contributed by atoms with Crippen molar-refractivity contribution >= 4 is 16.9 Å². The third-order valence-electron chi connectivity index (χ3n) is 4.38. The van der Waals surface area contributed by atoms with Gasteiger partial charge in [0.1, 0.15) is 5.69 Å². The Morgan fingerprint density at radius 1 is 1.45 bits per heavy atom. The molecular formula is C17H21N3O2. The lowest BCUT2D eigenvalue weighted by Gasteiger charge is -2.14. The molecule has 1 aromatic carbocycles. The molecule has 1 fully saturated rings. The van der Waals surface area contributed by atoms with Gasteiger partial charge in [0, 0.05) is 18.2 Å². The van der Waals surface area contributed by atoms with Crippen LogP contribution in [0, 0.1) is 12.8 Å². The minimum atomic E-state index is -0.0745. The second-order valence-corrected chi connectivity index (χ2v) is 6.05. The van der Waals surface area contributed by atoms with Gasteiger partial charge in [-0.3, -0.25) is 9.59 Å². The molecule has 5 heteroatoms. The number of aromatic nitrogens is 2. The lowest BCUT2D eigenvalue weighted by molar-refractivity contribution is 0.0936. The van der Waals surface area contributed by atoms with Gasteiger partial charge in [-0.15, -0.1) is 0 Å². The maximum absolute atomic E-state index is 12.3. The van der Waals surface area contributed by atoms with Crippen LogP contribution in [0.2, 0.25) is 0 Å². The molecule has 22 heavy (non-hydrogen) atoms. The Kier molecular flexibility index (Phi) is 3.72. The van der Waals surface area contributed by atoms with E-state index in [1.54, 1.807) is 23.6 Å². The number of nitrogens with one attached hydrogen (secondary N) is 1. The Hall–Kier alpha value is -2.17. The molecule has 0 spiro atoms. The first-order valence-electron chi connectivity index (χ1n) is 7.83. The highest BCUT2D eigenvalue weighted by atomic mass is 16.1. The number of hydrogen-bond donors (Lipinski definition) is 1. The Morgan fingerprint density at radius 3 is 2.82 bits per heavy atom. The lowest BCUT2D eigenvalue weighted by Crippen LogP contribution is -2.34. The average molecular weight is 299 g/mol. The van der Waals surface area contributed by atoms with Crippen LogP contribution in [-0.4, -0.2) is 21.5 Å². The van der Waals surface area contributed by atoms with E-state index in [9.17, 15) is 9.59 Å². The molecule has 2 aromatic rings. The van der Waals surface area contributed by atoms with Crippen LogP contribution in [0.5, 0.6) is 0 Å². The number of benzene rings is 1. The van der Waals surface area contributed by atoms with Gasteiger partial charge in [0.15, 0.2) is 0 Å².